The van der Waals surface area contributed by atoms with Crippen molar-refractivity contribution in [2.75, 3.05) is 23.3 Å². The third-order valence-electron chi connectivity index (χ3n) is 6.28. The van der Waals surface area contributed by atoms with Gasteiger partial charge in [-0.05, 0) is 43.7 Å². The Bertz CT molecular complexity index is 1090. The molecule has 1 aliphatic carbocycles. The molecule has 1 amide bonds. The molecule has 9 heteroatoms. The molecular formula is C22H25FN6O2. The molecule has 0 unspecified atom stereocenters. The number of para-hydroxylation sites is 1. The number of rotatable bonds is 5. The zero-order valence-electron chi connectivity index (χ0n) is 17.4. The van der Waals surface area contributed by atoms with E-state index in [0.29, 0.717) is 24.1 Å². The Morgan fingerprint density at radius 1 is 1.23 bits per heavy atom. The Labute approximate surface area is 179 Å². The molecule has 8 nitrogen and oxygen atoms in total. The third kappa shape index (κ3) is 3.75. The number of ether oxygens (including phenoxy) is 1. The predicted molar refractivity (Wildman–Crippen MR) is 114 cm³/mol. The summed E-state index contributed by atoms with van der Waals surface area (Å²) < 4.78 is 23.1. The highest BCUT2D eigenvalue weighted by Gasteiger charge is 2.48. The second-order valence-electron chi connectivity index (χ2n) is 8.40. The van der Waals surface area contributed by atoms with Crippen LogP contribution in [0.25, 0.3) is 5.69 Å². The standard InChI is InChI=1S/C22H25FN6O2/c1-27-13-11-24-20(27)28-15-22(31-21(28)30)9-6-16(7-10-22)14-25-19-8-12-29(26-19)18-5-3-2-4-17(18)23/h2-5,8,11-13,16H,6-7,9-10,14-15H2,1H3,(H,25,26). The maximum Gasteiger partial charge on any atom is 0.417 e. The number of carbonyl (C=O) groups is 1. The maximum absolute atomic E-state index is 13.9. The maximum atomic E-state index is 13.9. The fourth-order valence-electron chi connectivity index (χ4n) is 4.50. The lowest BCUT2D eigenvalue weighted by Gasteiger charge is -2.35. The largest absolute Gasteiger partial charge is 0.441 e. The summed E-state index contributed by atoms with van der Waals surface area (Å²) in [6, 6.07) is 8.42. The normalized spacial score (nSPS) is 23.4. The molecule has 0 atom stereocenters. The molecule has 2 aromatic heterocycles. The molecule has 1 saturated heterocycles. The summed E-state index contributed by atoms with van der Waals surface area (Å²) in [5.41, 5.74) is 0.00171. The number of amides is 1. The SMILES string of the molecule is Cn1ccnc1N1CC2(CCC(CNc3ccn(-c4ccccc4F)n3)CC2)OC1=O. The van der Waals surface area contributed by atoms with E-state index in [4.69, 9.17) is 4.74 Å². The molecule has 31 heavy (non-hydrogen) atoms. The van der Waals surface area contributed by atoms with Gasteiger partial charge in [-0.1, -0.05) is 12.1 Å². The van der Waals surface area contributed by atoms with Crippen molar-refractivity contribution in [3.8, 4) is 5.69 Å². The number of carbonyl (C=O) groups excluding carboxylic acids is 1. The third-order valence-corrected chi connectivity index (χ3v) is 6.28. The molecule has 1 aliphatic heterocycles. The summed E-state index contributed by atoms with van der Waals surface area (Å²) in [7, 11) is 1.87. The van der Waals surface area contributed by atoms with Gasteiger partial charge in [-0.2, -0.15) is 5.10 Å². The molecule has 2 fully saturated rings. The smallest absolute Gasteiger partial charge is 0.417 e. The second-order valence-corrected chi connectivity index (χ2v) is 8.40. The average Bonchev–Trinajstić information content (AvgIpc) is 3.47. The van der Waals surface area contributed by atoms with Crippen molar-refractivity contribution in [1.29, 1.82) is 0 Å². The zero-order valence-corrected chi connectivity index (χ0v) is 17.4. The summed E-state index contributed by atoms with van der Waals surface area (Å²) >= 11 is 0. The fourth-order valence-corrected chi connectivity index (χ4v) is 4.50. The van der Waals surface area contributed by atoms with Gasteiger partial charge in [-0.25, -0.2) is 23.8 Å². The van der Waals surface area contributed by atoms with Gasteiger partial charge < -0.3 is 14.6 Å². The minimum Gasteiger partial charge on any atom is -0.441 e. The molecular weight excluding hydrogens is 399 g/mol. The van der Waals surface area contributed by atoms with Crippen LogP contribution >= 0.6 is 0 Å². The number of aromatic nitrogens is 4. The molecule has 1 aromatic carbocycles. The number of aryl methyl sites for hydroxylation is 1. The summed E-state index contributed by atoms with van der Waals surface area (Å²) in [6.45, 7) is 1.32. The zero-order chi connectivity index (χ0) is 21.4. The summed E-state index contributed by atoms with van der Waals surface area (Å²) in [5.74, 6) is 1.50. The van der Waals surface area contributed by atoms with Crippen molar-refractivity contribution < 1.29 is 13.9 Å². The van der Waals surface area contributed by atoms with Crippen molar-refractivity contribution >= 4 is 17.9 Å². The minimum absolute atomic E-state index is 0.305. The van der Waals surface area contributed by atoms with Crippen LogP contribution in [0, 0.1) is 11.7 Å². The van der Waals surface area contributed by atoms with Crippen molar-refractivity contribution in [3.05, 3.63) is 54.7 Å². The van der Waals surface area contributed by atoms with Gasteiger partial charge in [-0.3, -0.25) is 0 Å². The van der Waals surface area contributed by atoms with Gasteiger partial charge >= 0.3 is 6.09 Å². The first-order chi connectivity index (χ1) is 15.0. The fraction of sp³-hybridized carbons (Fsp3) is 0.409. The van der Waals surface area contributed by atoms with Crippen LogP contribution < -0.4 is 10.2 Å². The van der Waals surface area contributed by atoms with E-state index in [1.165, 1.54) is 10.7 Å². The number of nitrogens with zero attached hydrogens (tertiary/aromatic N) is 5. The Morgan fingerprint density at radius 2 is 2.03 bits per heavy atom. The van der Waals surface area contributed by atoms with Gasteiger partial charge in [0.2, 0.25) is 5.95 Å². The first-order valence-electron chi connectivity index (χ1n) is 10.6. The lowest BCUT2D eigenvalue weighted by atomic mass is 9.78. The van der Waals surface area contributed by atoms with Crippen LogP contribution in [0.2, 0.25) is 0 Å². The molecule has 162 valence electrons. The van der Waals surface area contributed by atoms with E-state index in [1.54, 1.807) is 35.5 Å². The lowest BCUT2D eigenvalue weighted by Crippen LogP contribution is -2.40. The van der Waals surface area contributed by atoms with E-state index in [0.717, 1.165) is 38.0 Å². The van der Waals surface area contributed by atoms with E-state index in [1.807, 2.05) is 23.9 Å². The highest BCUT2D eigenvalue weighted by atomic mass is 19.1. The average molecular weight is 424 g/mol. The van der Waals surface area contributed by atoms with Gasteiger partial charge in [0.25, 0.3) is 0 Å². The number of imidazole rings is 1. The Kier molecular flexibility index (Phi) is 4.88. The molecule has 2 aliphatic rings. The van der Waals surface area contributed by atoms with Crippen molar-refractivity contribution in [3.63, 3.8) is 0 Å². The number of benzene rings is 1. The number of halogens is 1. The monoisotopic (exact) mass is 424 g/mol. The molecule has 0 bridgehead atoms. The van der Waals surface area contributed by atoms with Gasteiger partial charge in [0.15, 0.2) is 0 Å². The number of anilines is 2. The van der Waals surface area contributed by atoms with Crippen LogP contribution in [0.1, 0.15) is 25.7 Å². The quantitative estimate of drug-likeness (QED) is 0.675. The van der Waals surface area contributed by atoms with Gasteiger partial charge in [0, 0.05) is 38.2 Å². The van der Waals surface area contributed by atoms with Gasteiger partial charge in [-0.15, -0.1) is 0 Å². The van der Waals surface area contributed by atoms with Gasteiger partial charge in [0.1, 0.15) is 22.9 Å². The van der Waals surface area contributed by atoms with Crippen LogP contribution in [0.15, 0.2) is 48.9 Å². The van der Waals surface area contributed by atoms with Crippen molar-refractivity contribution in [1.82, 2.24) is 19.3 Å². The van der Waals surface area contributed by atoms with Crippen LogP contribution in [-0.2, 0) is 11.8 Å². The highest BCUT2D eigenvalue weighted by molar-refractivity contribution is 5.88. The molecule has 0 radical (unpaired) electrons. The van der Waals surface area contributed by atoms with E-state index in [2.05, 4.69) is 15.4 Å². The summed E-state index contributed by atoms with van der Waals surface area (Å²) in [4.78, 5) is 18.3. The Hall–Kier alpha value is -3.36. The number of nitrogens with one attached hydrogen (secondary N) is 1. The van der Waals surface area contributed by atoms with Crippen LogP contribution in [0.4, 0.5) is 21.0 Å². The van der Waals surface area contributed by atoms with Crippen LogP contribution in [-0.4, -0.2) is 44.1 Å². The molecule has 3 heterocycles. The first kappa shape index (κ1) is 19.6. The Balaban J connectivity index is 1.16. The first-order valence-corrected chi connectivity index (χ1v) is 10.6. The number of hydrogen-bond acceptors (Lipinski definition) is 5. The van der Waals surface area contributed by atoms with E-state index in [-0.39, 0.29) is 11.9 Å². The topological polar surface area (TPSA) is 77.2 Å². The summed E-state index contributed by atoms with van der Waals surface area (Å²) in [5, 5.41) is 7.80. The number of hydrogen-bond donors (Lipinski definition) is 1. The van der Waals surface area contributed by atoms with Crippen molar-refractivity contribution in [2.24, 2.45) is 13.0 Å². The minimum atomic E-state index is -0.425. The van der Waals surface area contributed by atoms with Crippen LogP contribution in [0.3, 0.4) is 0 Å². The predicted octanol–water partition coefficient (Wildman–Crippen LogP) is 3.74. The second kappa shape index (κ2) is 7.72. The molecule has 1 N–H and O–H groups in total. The molecule has 1 saturated carbocycles. The van der Waals surface area contributed by atoms with Crippen molar-refractivity contribution in [2.45, 2.75) is 31.3 Å². The lowest BCUT2D eigenvalue weighted by molar-refractivity contribution is 0.0148. The molecule has 3 aromatic rings. The van der Waals surface area contributed by atoms with Crippen LogP contribution in [0.5, 0.6) is 0 Å². The molecule has 5 rings (SSSR count). The van der Waals surface area contributed by atoms with E-state index in [9.17, 15) is 9.18 Å². The summed E-state index contributed by atoms with van der Waals surface area (Å²) in [6.07, 6.45) is 8.52. The highest BCUT2D eigenvalue weighted by Crippen LogP contribution is 2.40. The van der Waals surface area contributed by atoms with E-state index >= 15 is 0 Å². The van der Waals surface area contributed by atoms with E-state index < -0.39 is 5.60 Å². The molecule has 1 spiro atoms. The Morgan fingerprint density at radius 3 is 2.77 bits per heavy atom. The van der Waals surface area contributed by atoms with Gasteiger partial charge in [0.05, 0.1) is 6.54 Å².